The lowest BCUT2D eigenvalue weighted by molar-refractivity contribution is 0.102. The number of carbonyl (C=O) groups excluding carboxylic acids is 1. The predicted molar refractivity (Wildman–Crippen MR) is 109 cm³/mol. The second-order valence-electron chi connectivity index (χ2n) is 6.81. The fraction of sp³-hybridized carbons (Fsp3) is 0.273. The van der Waals surface area contributed by atoms with Crippen molar-refractivity contribution in [3.8, 4) is 5.69 Å². The quantitative estimate of drug-likeness (QED) is 0.680. The molecule has 1 amide bonds. The first-order chi connectivity index (χ1) is 13.1. The number of anilines is 1. The van der Waals surface area contributed by atoms with Crippen molar-refractivity contribution in [2.24, 2.45) is 0 Å². The van der Waals surface area contributed by atoms with Gasteiger partial charge in [0.2, 0.25) is 0 Å². The van der Waals surface area contributed by atoms with E-state index in [-0.39, 0.29) is 5.91 Å². The van der Waals surface area contributed by atoms with Gasteiger partial charge < -0.3 is 5.32 Å². The highest BCUT2D eigenvalue weighted by Crippen LogP contribution is 2.16. The minimum atomic E-state index is -0.115. The van der Waals surface area contributed by atoms with Gasteiger partial charge in [-0.05, 0) is 62.4 Å². The molecule has 1 heterocycles. The fourth-order valence-corrected chi connectivity index (χ4v) is 3.01. The molecule has 0 fully saturated rings. The van der Waals surface area contributed by atoms with Crippen LogP contribution in [0.4, 0.5) is 5.69 Å². The highest BCUT2D eigenvalue weighted by molar-refractivity contribution is 6.04. The van der Waals surface area contributed by atoms with Crippen LogP contribution in [0.2, 0.25) is 0 Å². The van der Waals surface area contributed by atoms with E-state index < -0.39 is 0 Å². The van der Waals surface area contributed by atoms with Gasteiger partial charge in [0.1, 0.15) is 0 Å². The Kier molecular flexibility index (Phi) is 6.04. The van der Waals surface area contributed by atoms with E-state index in [0.29, 0.717) is 11.6 Å². The summed E-state index contributed by atoms with van der Waals surface area (Å²) < 4.78 is 1.76. The molecule has 5 nitrogen and oxygen atoms in total. The fourth-order valence-electron chi connectivity index (χ4n) is 3.01. The maximum absolute atomic E-state index is 12.6. The minimum Gasteiger partial charge on any atom is -0.322 e. The van der Waals surface area contributed by atoms with Gasteiger partial charge in [0, 0.05) is 36.2 Å². The largest absolute Gasteiger partial charge is 0.322 e. The topological polar surface area (TPSA) is 50.2 Å². The van der Waals surface area contributed by atoms with E-state index in [1.165, 1.54) is 5.56 Å². The number of benzene rings is 2. The Morgan fingerprint density at radius 2 is 1.93 bits per heavy atom. The summed E-state index contributed by atoms with van der Waals surface area (Å²) in [6.07, 6.45) is 3.60. The van der Waals surface area contributed by atoms with Crippen molar-refractivity contribution in [2.45, 2.75) is 33.4 Å². The standard InChI is InChI=1S/C22H26N4O/c1-4-25(17(2)3)16-18-9-11-19(12-10-18)22(27)24-20-7-5-8-21(15-20)26-14-6-13-23-26/h5-15,17H,4,16H2,1-3H3,(H,24,27). The Bertz CT molecular complexity index is 870. The molecule has 0 aliphatic heterocycles. The molecule has 0 saturated heterocycles. The van der Waals surface area contributed by atoms with E-state index in [1.807, 2.05) is 60.8 Å². The summed E-state index contributed by atoms with van der Waals surface area (Å²) in [5, 5.41) is 7.18. The molecule has 0 aliphatic carbocycles. The first-order valence-electron chi connectivity index (χ1n) is 9.31. The summed E-state index contributed by atoms with van der Waals surface area (Å²) in [7, 11) is 0. The Morgan fingerprint density at radius 3 is 2.56 bits per heavy atom. The molecule has 0 unspecified atom stereocenters. The zero-order chi connectivity index (χ0) is 19.2. The zero-order valence-corrected chi connectivity index (χ0v) is 16.1. The van der Waals surface area contributed by atoms with E-state index >= 15 is 0 Å². The summed E-state index contributed by atoms with van der Waals surface area (Å²) in [6, 6.07) is 17.8. The maximum Gasteiger partial charge on any atom is 0.255 e. The van der Waals surface area contributed by atoms with Crippen LogP contribution in [0, 0.1) is 0 Å². The van der Waals surface area contributed by atoms with Crippen LogP contribution in [0.3, 0.4) is 0 Å². The van der Waals surface area contributed by atoms with Crippen molar-refractivity contribution in [2.75, 3.05) is 11.9 Å². The van der Waals surface area contributed by atoms with E-state index in [9.17, 15) is 4.79 Å². The third-order valence-electron chi connectivity index (χ3n) is 4.61. The highest BCUT2D eigenvalue weighted by Gasteiger charge is 2.10. The molecule has 3 aromatic rings. The molecule has 27 heavy (non-hydrogen) atoms. The molecule has 5 heteroatoms. The Balaban J connectivity index is 1.67. The van der Waals surface area contributed by atoms with Gasteiger partial charge in [0.25, 0.3) is 5.91 Å². The molecule has 0 atom stereocenters. The van der Waals surface area contributed by atoms with Gasteiger partial charge in [-0.2, -0.15) is 5.10 Å². The van der Waals surface area contributed by atoms with Crippen LogP contribution in [0.5, 0.6) is 0 Å². The predicted octanol–water partition coefficient (Wildman–Crippen LogP) is 4.35. The molecule has 2 aromatic carbocycles. The van der Waals surface area contributed by atoms with Crippen LogP contribution in [0.15, 0.2) is 67.0 Å². The Labute approximate surface area is 160 Å². The summed E-state index contributed by atoms with van der Waals surface area (Å²) in [5.74, 6) is -0.115. The normalized spacial score (nSPS) is 11.1. The average molecular weight is 362 g/mol. The maximum atomic E-state index is 12.6. The third-order valence-corrected chi connectivity index (χ3v) is 4.61. The minimum absolute atomic E-state index is 0.115. The summed E-state index contributed by atoms with van der Waals surface area (Å²) in [4.78, 5) is 15.0. The number of carbonyl (C=O) groups is 1. The van der Waals surface area contributed by atoms with Crippen molar-refractivity contribution in [1.29, 1.82) is 0 Å². The zero-order valence-electron chi connectivity index (χ0n) is 16.1. The summed E-state index contributed by atoms with van der Waals surface area (Å²) >= 11 is 0. The average Bonchev–Trinajstić information content (AvgIpc) is 3.21. The monoisotopic (exact) mass is 362 g/mol. The number of hydrogen-bond donors (Lipinski definition) is 1. The molecule has 0 aliphatic rings. The van der Waals surface area contributed by atoms with E-state index in [0.717, 1.165) is 24.5 Å². The van der Waals surface area contributed by atoms with Gasteiger partial charge in [0.15, 0.2) is 0 Å². The number of hydrogen-bond acceptors (Lipinski definition) is 3. The van der Waals surface area contributed by atoms with Crippen molar-refractivity contribution < 1.29 is 4.79 Å². The van der Waals surface area contributed by atoms with Crippen LogP contribution in [-0.2, 0) is 6.54 Å². The van der Waals surface area contributed by atoms with Gasteiger partial charge in [0.05, 0.1) is 5.69 Å². The lowest BCUT2D eigenvalue weighted by Crippen LogP contribution is -2.29. The van der Waals surface area contributed by atoms with Gasteiger partial charge in [-0.15, -0.1) is 0 Å². The summed E-state index contributed by atoms with van der Waals surface area (Å²) in [6.45, 7) is 8.46. The van der Waals surface area contributed by atoms with Gasteiger partial charge in [-0.1, -0.05) is 25.1 Å². The molecule has 140 valence electrons. The molecule has 1 aromatic heterocycles. The van der Waals surface area contributed by atoms with Crippen LogP contribution in [0.25, 0.3) is 5.69 Å². The van der Waals surface area contributed by atoms with Crippen molar-refractivity contribution in [3.63, 3.8) is 0 Å². The number of aromatic nitrogens is 2. The number of rotatable bonds is 7. The molecule has 0 saturated carbocycles. The lowest BCUT2D eigenvalue weighted by atomic mass is 10.1. The molecule has 0 bridgehead atoms. The first-order valence-corrected chi connectivity index (χ1v) is 9.31. The SMILES string of the molecule is CCN(Cc1ccc(C(=O)Nc2cccc(-n3cccn3)c2)cc1)C(C)C. The van der Waals surface area contributed by atoms with E-state index in [2.05, 4.69) is 36.1 Å². The molecular weight excluding hydrogens is 336 g/mol. The number of amides is 1. The smallest absolute Gasteiger partial charge is 0.255 e. The molecule has 0 radical (unpaired) electrons. The van der Waals surface area contributed by atoms with Crippen LogP contribution in [0.1, 0.15) is 36.7 Å². The van der Waals surface area contributed by atoms with Crippen molar-refractivity contribution in [1.82, 2.24) is 14.7 Å². The molecule has 3 rings (SSSR count). The Hall–Kier alpha value is -2.92. The van der Waals surface area contributed by atoms with Crippen molar-refractivity contribution >= 4 is 11.6 Å². The van der Waals surface area contributed by atoms with Crippen LogP contribution in [-0.4, -0.2) is 33.2 Å². The number of nitrogens with one attached hydrogen (secondary N) is 1. The number of nitrogens with zero attached hydrogens (tertiary/aromatic N) is 3. The van der Waals surface area contributed by atoms with Gasteiger partial charge in [-0.3, -0.25) is 9.69 Å². The van der Waals surface area contributed by atoms with Crippen LogP contribution >= 0.6 is 0 Å². The third kappa shape index (κ3) is 4.83. The van der Waals surface area contributed by atoms with Gasteiger partial charge >= 0.3 is 0 Å². The second kappa shape index (κ2) is 8.64. The van der Waals surface area contributed by atoms with E-state index in [4.69, 9.17) is 0 Å². The molecular formula is C22H26N4O. The first kappa shape index (κ1) is 18.9. The molecule has 1 N–H and O–H groups in total. The van der Waals surface area contributed by atoms with Gasteiger partial charge in [-0.25, -0.2) is 4.68 Å². The highest BCUT2D eigenvalue weighted by atomic mass is 16.1. The summed E-state index contributed by atoms with van der Waals surface area (Å²) in [5.41, 5.74) is 3.51. The van der Waals surface area contributed by atoms with E-state index in [1.54, 1.807) is 10.9 Å². The lowest BCUT2D eigenvalue weighted by Gasteiger charge is -2.24. The second-order valence-corrected chi connectivity index (χ2v) is 6.81. The molecule has 0 spiro atoms. The van der Waals surface area contributed by atoms with Crippen LogP contribution < -0.4 is 5.32 Å². The van der Waals surface area contributed by atoms with Crippen molar-refractivity contribution in [3.05, 3.63) is 78.1 Å². The Morgan fingerprint density at radius 1 is 1.15 bits per heavy atom.